The Labute approximate surface area is 184 Å². The molecule has 2 heterocycles. The first kappa shape index (κ1) is 17.7. The van der Waals surface area contributed by atoms with Gasteiger partial charge in [0.1, 0.15) is 0 Å². The van der Waals surface area contributed by atoms with Crippen molar-refractivity contribution >= 4 is 60.1 Å². The molecule has 0 spiro atoms. The van der Waals surface area contributed by atoms with Gasteiger partial charge in [-0.15, -0.1) is 11.3 Å². The first-order valence-corrected chi connectivity index (χ1v) is 8.02. The number of hydrogen-bond donors (Lipinski definition) is 0. The Morgan fingerprint density at radius 1 is 1.14 bits per heavy atom. The normalized spacial score (nSPS) is 10.4. The number of carboxylic acid groups (broad SMARTS) is 1. The van der Waals surface area contributed by atoms with Gasteiger partial charge >= 0.3 is 51.4 Å². The van der Waals surface area contributed by atoms with Gasteiger partial charge < -0.3 is 9.90 Å². The molecule has 0 bridgehead atoms. The van der Waals surface area contributed by atoms with Gasteiger partial charge in [0.2, 0.25) is 0 Å². The van der Waals surface area contributed by atoms with E-state index in [1.165, 1.54) is 11.3 Å². The molecule has 21 heavy (non-hydrogen) atoms. The maximum atomic E-state index is 11.4. The number of nitrogens with zero attached hydrogens (tertiary/aromatic N) is 1. The van der Waals surface area contributed by atoms with Crippen molar-refractivity contribution in [3.05, 3.63) is 50.2 Å². The van der Waals surface area contributed by atoms with Crippen LogP contribution in [0.4, 0.5) is 0 Å². The summed E-state index contributed by atoms with van der Waals surface area (Å²) in [6, 6.07) is 10.7. The van der Waals surface area contributed by atoms with Crippen molar-refractivity contribution < 1.29 is 61.3 Å². The van der Waals surface area contributed by atoms with Crippen LogP contribution >= 0.6 is 43.2 Å². The molecule has 100 valence electrons. The zero-order valence-corrected chi connectivity index (χ0v) is 18.0. The standard InChI is InChI=1S/C14H7Br2NO2S.K/c15-7-1-2-10-8(5-7)9(14(18)19)6-11(17-10)12-3-4-13(16)20-12;/h1-6H,(H,18,19);/q;+1/p-1. The Balaban J connectivity index is 0.00000161. The molecule has 3 aromatic rings. The zero-order valence-electron chi connectivity index (χ0n) is 10.9. The van der Waals surface area contributed by atoms with Crippen LogP contribution in [0.2, 0.25) is 0 Å². The second-order valence-corrected chi connectivity index (χ2v) is 7.49. The SMILES string of the molecule is O=C([O-])c1cc(-c2ccc(Br)s2)nc2ccc(Br)cc12.[K+]. The Morgan fingerprint density at radius 2 is 1.90 bits per heavy atom. The molecule has 1 aromatic carbocycles. The summed E-state index contributed by atoms with van der Waals surface area (Å²) in [4.78, 5) is 16.8. The average Bonchev–Trinajstić information content (AvgIpc) is 2.84. The molecule has 0 amide bonds. The summed E-state index contributed by atoms with van der Waals surface area (Å²) in [6.07, 6.45) is 0. The Morgan fingerprint density at radius 3 is 2.52 bits per heavy atom. The number of carbonyl (C=O) groups excluding carboxylic acids is 1. The molecule has 0 radical (unpaired) electrons. The first-order valence-electron chi connectivity index (χ1n) is 5.62. The summed E-state index contributed by atoms with van der Waals surface area (Å²) in [6.45, 7) is 0. The maximum absolute atomic E-state index is 11.4. The molecular weight excluding hydrogens is 445 g/mol. The molecule has 0 N–H and O–H groups in total. The molecule has 0 unspecified atom stereocenters. The third-order valence-electron chi connectivity index (χ3n) is 2.82. The number of benzene rings is 1. The largest absolute Gasteiger partial charge is 1.00 e. The van der Waals surface area contributed by atoms with E-state index in [0.717, 1.165) is 13.1 Å². The first-order chi connectivity index (χ1) is 9.54. The molecule has 0 fully saturated rings. The summed E-state index contributed by atoms with van der Waals surface area (Å²) >= 11 is 8.23. The Bertz CT molecular complexity index is 835. The van der Waals surface area contributed by atoms with Gasteiger partial charge in [-0.3, -0.25) is 0 Å². The van der Waals surface area contributed by atoms with Gasteiger partial charge in [-0.1, -0.05) is 15.9 Å². The topological polar surface area (TPSA) is 53.0 Å². The van der Waals surface area contributed by atoms with Gasteiger partial charge in [-0.05, 0) is 52.3 Å². The number of carboxylic acids is 1. The van der Waals surface area contributed by atoms with Crippen LogP contribution in [0.1, 0.15) is 10.4 Å². The van der Waals surface area contributed by atoms with Crippen molar-refractivity contribution in [1.29, 1.82) is 0 Å². The molecule has 2 aromatic heterocycles. The van der Waals surface area contributed by atoms with E-state index in [9.17, 15) is 9.90 Å². The number of fused-ring (bicyclic) bond motifs is 1. The van der Waals surface area contributed by atoms with Crippen molar-refractivity contribution in [2.24, 2.45) is 0 Å². The van der Waals surface area contributed by atoms with E-state index in [0.29, 0.717) is 16.6 Å². The molecule has 0 atom stereocenters. The van der Waals surface area contributed by atoms with Crippen LogP contribution in [0.3, 0.4) is 0 Å². The fraction of sp³-hybridized carbons (Fsp3) is 0. The van der Waals surface area contributed by atoms with Crippen LogP contribution in [0.25, 0.3) is 21.5 Å². The number of pyridine rings is 1. The quantitative estimate of drug-likeness (QED) is 0.544. The number of halogens is 2. The van der Waals surface area contributed by atoms with Gasteiger partial charge in [0.25, 0.3) is 0 Å². The van der Waals surface area contributed by atoms with Crippen molar-refractivity contribution in [2.45, 2.75) is 0 Å². The van der Waals surface area contributed by atoms with Gasteiger partial charge in [0.15, 0.2) is 0 Å². The number of rotatable bonds is 2. The second kappa shape index (κ2) is 7.31. The summed E-state index contributed by atoms with van der Waals surface area (Å²) in [7, 11) is 0. The summed E-state index contributed by atoms with van der Waals surface area (Å²) in [5.41, 5.74) is 1.42. The third kappa shape index (κ3) is 3.84. The van der Waals surface area contributed by atoms with Crippen LogP contribution in [-0.2, 0) is 0 Å². The average molecular weight is 451 g/mol. The minimum atomic E-state index is -1.20. The van der Waals surface area contributed by atoms with Crippen molar-refractivity contribution in [1.82, 2.24) is 4.98 Å². The minimum absolute atomic E-state index is 0. The smallest absolute Gasteiger partial charge is 0.545 e. The number of carbonyl (C=O) groups is 1. The van der Waals surface area contributed by atoms with E-state index >= 15 is 0 Å². The Hall–Kier alpha value is 0.396. The number of aromatic carboxylic acids is 1. The van der Waals surface area contributed by atoms with Crippen LogP contribution in [0, 0.1) is 0 Å². The van der Waals surface area contributed by atoms with E-state index < -0.39 is 5.97 Å². The molecule has 3 nitrogen and oxygen atoms in total. The van der Waals surface area contributed by atoms with Crippen molar-refractivity contribution in [3.63, 3.8) is 0 Å². The van der Waals surface area contributed by atoms with Gasteiger partial charge in [-0.25, -0.2) is 4.98 Å². The monoisotopic (exact) mass is 449 g/mol. The zero-order chi connectivity index (χ0) is 14.3. The van der Waals surface area contributed by atoms with E-state index in [4.69, 9.17) is 0 Å². The van der Waals surface area contributed by atoms with Crippen molar-refractivity contribution in [3.8, 4) is 10.6 Å². The minimum Gasteiger partial charge on any atom is -0.545 e. The molecule has 0 aliphatic rings. The number of thiophene rings is 1. The molecular formula is C14H6Br2KNO2S. The van der Waals surface area contributed by atoms with Crippen LogP contribution < -0.4 is 56.5 Å². The second-order valence-electron chi connectivity index (χ2n) is 4.11. The van der Waals surface area contributed by atoms with Crippen LogP contribution in [-0.4, -0.2) is 11.0 Å². The maximum Gasteiger partial charge on any atom is 1.00 e. The van der Waals surface area contributed by atoms with Crippen LogP contribution in [0.15, 0.2) is 44.7 Å². The van der Waals surface area contributed by atoms with E-state index in [1.54, 1.807) is 18.2 Å². The molecule has 0 aliphatic heterocycles. The number of aromatic nitrogens is 1. The fourth-order valence-corrected chi connectivity index (χ4v) is 3.65. The van der Waals surface area contributed by atoms with Crippen LogP contribution in [0.5, 0.6) is 0 Å². The summed E-state index contributed by atoms with van der Waals surface area (Å²) in [5, 5.41) is 11.9. The van der Waals surface area contributed by atoms with E-state index in [1.807, 2.05) is 18.2 Å². The summed E-state index contributed by atoms with van der Waals surface area (Å²) < 4.78 is 1.78. The predicted octanol–water partition coefficient (Wildman–Crippen LogP) is 0.856. The number of hydrogen-bond acceptors (Lipinski definition) is 4. The van der Waals surface area contributed by atoms with E-state index in [-0.39, 0.29) is 56.9 Å². The fourth-order valence-electron chi connectivity index (χ4n) is 1.95. The van der Waals surface area contributed by atoms with E-state index in [2.05, 4.69) is 36.8 Å². The van der Waals surface area contributed by atoms with Gasteiger partial charge in [0.05, 0.1) is 25.8 Å². The molecule has 7 heteroatoms. The summed E-state index contributed by atoms with van der Waals surface area (Å²) in [5.74, 6) is -1.20. The predicted molar refractivity (Wildman–Crippen MR) is 84.8 cm³/mol. The molecule has 0 aliphatic carbocycles. The molecule has 0 saturated carbocycles. The Kier molecular flexibility index (Phi) is 6.18. The molecule has 0 saturated heterocycles. The van der Waals surface area contributed by atoms with Crippen molar-refractivity contribution in [2.75, 3.05) is 0 Å². The third-order valence-corrected chi connectivity index (χ3v) is 4.96. The van der Waals surface area contributed by atoms with Gasteiger partial charge in [0, 0.05) is 15.4 Å². The van der Waals surface area contributed by atoms with Gasteiger partial charge in [-0.2, -0.15) is 0 Å². The molecule has 3 rings (SSSR count).